The van der Waals surface area contributed by atoms with Gasteiger partial charge in [-0.25, -0.2) is 0 Å². The second-order valence-corrected chi connectivity index (χ2v) is 3.98. The lowest BCUT2D eigenvalue weighted by atomic mass is 9.95. The highest BCUT2D eigenvalue weighted by molar-refractivity contribution is 5.84. The maximum Gasteiger partial charge on any atom is 0.307 e. The van der Waals surface area contributed by atoms with Gasteiger partial charge in [-0.2, -0.15) is 0 Å². The van der Waals surface area contributed by atoms with Crippen LogP contribution >= 0.6 is 0 Å². The number of aliphatic carboxylic acids is 1. The summed E-state index contributed by atoms with van der Waals surface area (Å²) in [6.45, 7) is 7.88. The molecule has 16 heavy (non-hydrogen) atoms. The van der Waals surface area contributed by atoms with E-state index in [9.17, 15) is 9.59 Å². The standard InChI is InChI=1S/C11H21NO4/c1-5-16-6-7(2)12-10(13)8(3)9(4)11(14)15/h7-9H,5-6H2,1-4H3,(H,12,13)(H,14,15). The quantitative estimate of drug-likeness (QED) is 0.682. The van der Waals surface area contributed by atoms with Crippen molar-refractivity contribution in [1.29, 1.82) is 0 Å². The maximum atomic E-state index is 11.6. The van der Waals surface area contributed by atoms with Crippen LogP contribution < -0.4 is 5.32 Å². The summed E-state index contributed by atoms with van der Waals surface area (Å²) in [5, 5.41) is 11.5. The summed E-state index contributed by atoms with van der Waals surface area (Å²) >= 11 is 0. The Kier molecular flexibility index (Phi) is 6.72. The van der Waals surface area contributed by atoms with E-state index in [-0.39, 0.29) is 11.9 Å². The largest absolute Gasteiger partial charge is 0.481 e. The number of carboxylic acid groups (broad SMARTS) is 1. The minimum absolute atomic E-state index is 0.101. The highest BCUT2D eigenvalue weighted by atomic mass is 16.5. The third kappa shape index (κ3) is 5.11. The molecule has 0 spiro atoms. The molecule has 2 N–H and O–H groups in total. The van der Waals surface area contributed by atoms with Crippen LogP contribution in [0.2, 0.25) is 0 Å². The summed E-state index contributed by atoms with van der Waals surface area (Å²) in [6.07, 6.45) is 0. The molecule has 0 aliphatic heterocycles. The Balaban J connectivity index is 4.09. The predicted molar refractivity (Wildman–Crippen MR) is 60.1 cm³/mol. The first-order chi connectivity index (χ1) is 7.40. The van der Waals surface area contributed by atoms with Crippen LogP contribution in [0.15, 0.2) is 0 Å². The van der Waals surface area contributed by atoms with Gasteiger partial charge in [-0.05, 0) is 13.8 Å². The lowest BCUT2D eigenvalue weighted by Crippen LogP contribution is -2.41. The summed E-state index contributed by atoms with van der Waals surface area (Å²) < 4.78 is 5.15. The van der Waals surface area contributed by atoms with Gasteiger partial charge in [0.2, 0.25) is 5.91 Å². The number of nitrogens with one attached hydrogen (secondary N) is 1. The molecule has 3 unspecified atom stereocenters. The van der Waals surface area contributed by atoms with Crippen molar-refractivity contribution >= 4 is 11.9 Å². The molecule has 0 radical (unpaired) electrons. The summed E-state index contributed by atoms with van der Waals surface area (Å²) in [5.41, 5.74) is 0. The summed E-state index contributed by atoms with van der Waals surface area (Å²) in [4.78, 5) is 22.3. The van der Waals surface area contributed by atoms with E-state index in [0.717, 1.165) is 0 Å². The molecule has 0 aromatic carbocycles. The molecule has 0 aliphatic rings. The van der Waals surface area contributed by atoms with Gasteiger partial charge >= 0.3 is 5.97 Å². The SMILES string of the molecule is CCOCC(C)NC(=O)C(C)C(C)C(=O)O. The second kappa shape index (κ2) is 7.22. The summed E-state index contributed by atoms with van der Waals surface area (Å²) in [5.74, 6) is -2.43. The first kappa shape index (κ1) is 14.9. The average Bonchev–Trinajstić information content (AvgIpc) is 2.23. The smallest absolute Gasteiger partial charge is 0.307 e. The molecule has 0 rings (SSSR count). The number of hydrogen-bond acceptors (Lipinski definition) is 3. The van der Waals surface area contributed by atoms with Crippen LogP contribution in [0.3, 0.4) is 0 Å². The van der Waals surface area contributed by atoms with Crippen molar-refractivity contribution < 1.29 is 19.4 Å². The van der Waals surface area contributed by atoms with Crippen LogP contribution in [0, 0.1) is 11.8 Å². The van der Waals surface area contributed by atoms with Gasteiger partial charge in [0, 0.05) is 18.6 Å². The summed E-state index contributed by atoms with van der Waals surface area (Å²) in [7, 11) is 0. The van der Waals surface area contributed by atoms with E-state index in [1.807, 2.05) is 13.8 Å². The van der Waals surface area contributed by atoms with Gasteiger partial charge in [0.05, 0.1) is 12.5 Å². The molecule has 0 aromatic heterocycles. The number of ether oxygens (including phenoxy) is 1. The first-order valence-corrected chi connectivity index (χ1v) is 5.51. The van der Waals surface area contributed by atoms with Crippen LogP contribution in [-0.2, 0) is 14.3 Å². The average molecular weight is 231 g/mol. The molecule has 5 nitrogen and oxygen atoms in total. The van der Waals surface area contributed by atoms with Crippen molar-refractivity contribution in [3.8, 4) is 0 Å². The fraction of sp³-hybridized carbons (Fsp3) is 0.818. The molecule has 0 saturated carbocycles. The van der Waals surface area contributed by atoms with Gasteiger partial charge in [0.15, 0.2) is 0 Å². The van der Waals surface area contributed by atoms with Gasteiger partial charge < -0.3 is 15.2 Å². The Bertz CT molecular complexity index is 242. The fourth-order valence-electron chi connectivity index (χ4n) is 1.15. The van der Waals surface area contributed by atoms with E-state index in [0.29, 0.717) is 13.2 Å². The van der Waals surface area contributed by atoms with E-state index < -0.39 is 17.8 Å². The fourth-order valence-corrected chi connectivity index (χ4v) is 1.15. The van der Waals surface area contributed by atoms with Crippen LogP contribution in [-0.4, -0.2) is 36.2 Å². The van der Waals surface area contributed by atoms with Crippen molar-refractivity contribution in [2.45, 2.75) is 33.7 Å². The van der Waals surface area contributed by atoms with Crippen LogP contribution in [0.1, 0.15) is 27.7 Å². The molecule has 0 heterocycles. The normalized spacial score (nSPS) is 16.2. The molecule has 1 amide bonds. The number of carbonyl (C=O) groups excluding carboxylic acids is 1. The lowest BCUT2D eigenvalue weighted by Gasteiger charge is -2.19. The van der Waals surface area contributed by atoms with Gasteiger partial charge in [-0.3, -0.25) is 9.59 Å². The molecule has 3 atom stereocenters. The molecule has 0 fully saturated rings. The minimum atomic E-state index is -0.958. The lowest BCUT2D eigenvalue weighted by molar-refractivity contribution is -0.146. The Morgan fingerprint density at radius 1 is 1.25 bits per heavy atom. The van der Waals surface area contributed by atoms with Crippen molar-refractivity contribution in [2.24, 2.45) is 11.8 Å². The first-order valence-electron chi connectivity index (χ1n) is 5.51. The third-order valence-electron chi connectivity index (χ3n) is 2.51. The molecule has 0 aliphatic carbocycles. The summed E-state index contributed by atoms with van der Waals surface area (Å²) in [6, 6.07) is -0.101. The number of carbonyl (C=O) groups is 2. The van der Waals surface area contributed by atoms with Crippen molar-refractivity contribution in [2.75, 3.05) is 13.2 Å². The number of hydrogen-bond donors (Lipinski definition) is 2. The zero-order chi connectivity index (χ0) is 12.7. The zero-order valence-electron chi connectivity index (χ0n) is 10.3. The Morgan fingerprint density at radius 2 is 1.81 bits per heavy atom. The number of amides is 1. The minimum Gasteiger partial charge on any atom is -0.481 e. The topological polar surface area (TPSA) is 75.6 Å². The molecule has 0 aromatic rings. The molecule has 94 valence electrons. The van der Waals surface area contributed by atoms with Gasteiger partial charge in [-0.1, -0.05) is 13.8 Å². The Morgan fingerprint density at radius 3 is 2.25 bits per heavy atom. The monoisotopic (exact) mass is 231 g/mol. The zero-order valence-corrected chi connectivity index (χ0v) is 10.3. The number of carboxylic acids is 1. The van der Waals surface area contributed by atoms with Crippen molar-refractivity contribution in [3.63, 3.8) is 0 Å². The van der Waals surface area contributed by atoms with Crippen molar-refractivity contribution in [1.82, 2.24) is 5.32 Å². The van der Waals surface area contributed by atoms with Gasteiger partial charge in [0.1, 0.15) is 0 Å². The van der Waals surface area contributed by atoms with Gasteiger partial charge in [-0.15, -0.1) is 0 Å². The second-order valence-electron chi connectivity index (χ2n) is 3.98. The maximum absolute atomic E-state index is 11.6. The van der Waals surface area contributed by atoms with E-state index >= 15 is 0 Å². The van der Waals surface area contributed by atoms with E-state index in [1.54, 1.807) is 6.92 Å². The van der Waals surface area contributed by atoms with E-state index in [2.05, 4.69) is 5.32 Å². The highest BCUT2D eigenvalue weighted by Gasteiger charge is 2.26. The van der Waals surface area contributed by atoms with E-state index in [1.165, 1.54) is 6.92 Å². The molecular weight excluding hydrogens is 210 g/mol. The van der Waals surface area contributed by atoms with Crippen LogP contribution in [0.4, 0.5) is 0 Å². The van der Waals surface area contributed by atoms with Crippen LogP contribution in [0.5, 0.6) is 0 Å². The predicted octanol–water partition coefficient (Wildman–Crippen LogP) is 0.884. The van der Waals surface area contributed by atoms with Crippen molar-refractivity contribution in [3.05, 3.63) is 0 Å². The third-order valence-corrected chi connectivity index (χ3v) is 2.51. The highest BCUT2D eigenvalue weighted by Crippen LogP contribution is 2.11. The Labute approximate surface area is 96.2 Å². The molecule has 5 heteroatoms. The molecule has 0 bridgehead atoms. The van der Waals surface area contributed by atoms with Crippen LogP contribution in [0.25, 0.3) is 0 Å². The van der Waals surface area contributed by atoms with Gasteiger partial charge in [0.25, 0.3) is 0 Å². The molecular formula is C11H21NO4. The molecule has 0 saturated heterocycles. The number of rotatable bonds is 7. The Hall–Kier alpha value is -1.10. The van der Waals surface area contributed by atoms with E-state index in [4.69, 9.17) is 9.84 Å².